The number of hydrogen-bond acceptors (Lipinski definition) is 6. The molecule has 1 aromatic rings. The van der Waals surface area contributed by atoms with Crippen LogP contribution in [0, 0.1) is 22.7 Å². The van der Waals surface area contributed by atoms with Gasteiger partial charge >= 0.3 is 0 Å². The number of phenolic OH excluding ortho intramolecular Hbond substituents is 1. The lowest BCUT2D eigenvalue weighted by atomic mass is 9.30. The molecule has 4 N–H and O–H groups in total. The predicted octanol–water partition coefficient (Wildman–Crippen LogP) is 4.21. The Morgan fingerprint density at radius 2 is 1.95 bits per heavy atom. The number of nitrogens with one attached hydrogen (secondary N) is 1. The van der Waals surface area contributed by atoms with Gasteiger partial charge in [0.1, 0.15) is 11.7 Å². The van der Waals surface area contributed by atoms with Crippen molar-refractivity contribution in [2.24, 2.45) is 22.7 Å². The van der Waals surface area contributed by atoms with Crippen molar-refractivity contribution in [2.75, 3.05) is 20.3 Å². The first-order chi connectivity index (χ1) is 17.5. The van der Waals surface area contributed by atoms with E-state index in [1.165, 1.54) is 30.4 Å². The summed E-state index contributed by atoms with van der Waals surface area (Å²) in [5, 5.41) is 37.8. The Morgan fingerprint density at radius 1 is 1.16 bits per heavy atom. The second-order valence-electron chi connectivity index (χ2n) is 14.5. The van der Waals surface area contributed by atoms with Gasteiger partial charge in [-0.3, -0.25) is 0 Å². The van der Waals surface area contributed by atoms with Crippen LogP contribution in [0.2, 0.25) is 0 Å². The van der Waals surface area contributed by atoms with Gasteiger partial charge in [0, 0.05) is 41.6 Å². The molecule has 8 rings (SSSR count). The minimum Gasteiger partial charge on any atom is -0.504 e. The van der Waals surface area contributed by atoms with Crippen LogP contribution >= 0.6 is 0 Å². The quantitative estimate of drug-likeness (QED) is 0.438. The summed E-state index contributed by atoms with van der Waals surface area (Å²) >= 11 is 0. The summed E-state index contributed by atoms with van der Waals surface area (Å²) in [5.74, 6) is 1.54. The molecule has 7 atom stereocenters. The molecule has 1 aromatic carbocycles. The van der Waals surface area contributed by atoms with E-state index in [0.29, 0.717) is 18.6 Å². The number of aromatic hydroxyl groups is 1. The van der Waals surface area contributed by atoms with Gasteiger partial charge < -0.3 is 30.1 Å². The first-order valence-electron chi connectivity index (χ1n) is 14.7. The molecule has 5 aliphatic carbocycles. The molecule has 6 nitrogen and oxygen atoms in total. The number of ether oxygens (including phenoxy) is 2. The second kappa shape index (κ2) is 7.44. The van der Waals surface area contributed by atoms with E-state index >= 15 is 0 Å². The molecule has 0 unspecified atom stereocenters. The molecule has 2 aliphatic heterocycles. The van der Waals surface area contributed by atoms with Crippen molar-refractivity contribution in [3.63, 3.8) is 0 Å². The fourth-order valence-corrected chi connectivity index (χ4v) is 10.7. The number of piperidine rings is 1. The standard InChI is InChI=1S/C31H45NO5/c1-26(2,3)31(35,10-5-15-33)22-18-27-11-12-30(22,36-4)25-29(27)13-14-32-28(27,16-19-6-7-19)17-20-8-9-21(34)24(37-25)23(20)29/h8-9,19,22,25,32-35H,5-7,10-18H2,1-4H3/t22-,25+,27+,28-,29-,30+,31-/m0/s1. The predicted molar refractivity (Wildman–Crippen MR) is 141 cm³/mol. The molecule has 0 amide bonds. The lowest BCUT2D eigenvalue weighted by molar-refractivity contribution is -0.319. The van der Waals surface area contributed by atoms with Gasteiger partial charge in [-0.05, 0) is 80.9 Å². The molecule has 6 heteroatoms. The number of aliphatic hydroxyl groups is 2. The SMILES string of the molecule is CO[C@]12CC[C@@]3(C[C@@H]1[C@@](O)(CCCO)C(C)(C)C)[C@]1(CC4CC4)Cc4ccc(O)c5c4[C@@]3(CCN1)[C@H]2O5. The Bertz CT molecular complexity index is 1130. The minimum atomic E-state index is -1.03. The zero-order valence-corrected chi connectivity index (χ0v) is 23.0. The van der Waals surface area contributed by atoms with Crippen LogP contribution in [0.4, 0.5) is 0 Å². The zero-order chi connectivity index (χ0) is 26.1. The molecule has 4 saturated carbocycles. The van der Waals surface area contributed by atoms with Gasteiger partial charge in [-0.15, -0.1) is 0 Å². The zero-order valence-electron chi connectivity index (χ0n) is 23.0. The lowest BCUT2D eigenvalue weighted by Gasteiger charge is -2.77. The monoisotopic (exact) mass is 511 g/mol. The Kier molecular flexibility index (Phi) is 4.96. The van der Waals surface area contributed by atoms with Crippen molar-refractivity contribution < 1.29 is 24.8 Å². The van der Waals surface area contributed by atoms with Gasteiger partial charge in [0.2, 0.25) is 0 Å². The number of hydrogen-bond donors (Lipinski definition) is 4. The summed E-state index contributed by atoms with van der Waals surface area (Å²) in [7, 11) is 1.81. The van der Waals surface area contributed by atoms with Crippen LogP contribution in [0.15, 0.2) is 12.1 Å². The molecule has 5 fully saturated rings. The van der Waals surface area contributed by atoms with Crippen LogP contribution in [0.25, 0.3) is 0 Å². The fraction of sp³-hybridized carbons (Fsp3) is 0.806. The van der Waals surface area contributed by atoms with E-state index in [1.54, 1.807) is 0 Å². The lowest BCUT2D eigenvalue weighted by Crippen LogP contribution is -2.86. The van der Waals surface area contributed by atoms with E-state index in [1.807, 2.05) is 13.2 Å². The van der Waals surface area contributed by atoms with E-state index < -0.39 is 16.6 Å². The molecule has 0 aromatic heterocycles. The Balaban J connectivity index is 1.50. The van der Waals surface area contributed by atoms with Crippen molar-refractivity contribution in [2.45, 2.75) is 113 Å². The van der Waals surface area contributed by atoms with E-state index in [2.05, 4.69) is 32.2 Å². The van der Waals surface area contributed by atoms with Crippen molar-refractivity contribution in [1.82, 2.24) is 5.32 Å². The maximum absolute atomic E-state index is 12.8. The molecule has 2 heterocycles. The smallest absolute Gasteiger partial charge is 0.165 e. The molecule has 0 radical (unpaired) electrons. The maximum atomic E-state index is 12.8. The van der Waals surface area contributed by atoms with Gasteiger partial charge in [0.25, 0.3) is 0 Å². The van der Waals surface area contributed by atoms with E-state index in [-0.39, 0.29) is 40.7 Å². The highest BCUT2D eigenvalue weighted by atomic mass is 16.6. The average molecular weight is 512 g/mol. The molecule has 2 spiro atoms. The second-order valence-corrected chi connectivity index (χ2v) is 14.5. The number of phenols is 1. The molecular weight excluding hydrogens is 466 g/mol. The number of rotatable bonds is 7. The highest BCUT2D eigenvalue weighted by Gasteiger charge is 2.84. The summed E-state index contributed by atoms with van der Waals surface area (Å²) in [6, 6.07) is 3.97. The minimum absolute atomic E-state index is 0.0477. The number of methoxy groups -OCH3 is 1. The summed E-state index contributed by atoms with van der Waals surface area (Å²) in [4.78, 5) is 0. The van der Waals surface area contributed by atoms with Gasteiger partial charge in [-0.1, -0.05) is 39.7 Å². The van der Waals surface area contributed by atoms with Gasteiger partial charge in [-0.2, -0.15) is 0 Å². The normalized spacial score (nSPS) is 42.8. The van der Waals surface area contributed by atoms with Crippen LogP contribution in [0.5, 0.6) is 11.5 Å². The highest BCUT2D eigenvalue weighted by molar-refractivity contribution is 5.64. The van der Waals surface area contributed by atoms with Crippen molar-refractivity contribution >= 4 is 0 Å². The van der Waals surface area contributed by atoms with Gasteiger partial charge in [0.05, 0.1) is 5.60 Å². The topological polar surface area (TPSA) is 91.2 Å². The Labute approximate surface area is 221 Å². The largest absolute Gasteiger partial charge is 0.504 e. The first-order valence-corrected chi connectivity index (χ1v) is 14.7. The van der Waals surface area contributed by atoms with E-state index in [9.17, 15) is 15.3 Å². The van der Waals surface area contributed by atoms with Crippen LogP contribution in [-0.4, -0.2) is 58.4 Å². The summed E-state index contributed by atoms with van der Waals surface area (Å²) in [6.45, 7) is 7.42. The maximum Gasteiger partial charge on any atom is 0.165 e. The number of fused-ring (bicyclic) bond motifs is 2. The Hall–Kier alpha value is -1.34. The third-order valence-corrected chi connectivity index (χ3v) is 12.4. The van der Waals surface area contributed by atoms with Crippen LogP contribution in [-0.2, 0) is 16.6 Å². The molecule has 7 aliphatic rings. The highest BCUT2D eigenvalue weighted by Crippen LogP contribution is 2.80. The molecule has 1 saturated heterocycles. The summed E-state index contributed by atoms with van der Waals surface area (Å²) in [6.07, 6.45) is 9.35. The van der Waals surface area contributed by atoms with Crippen LogP contribution < -0.4 is 10.1 Å². The summed E-state index contributed by atoms with van der Waals surface area (Å²) < 4.78 is 13.6. The molecule has 4 bridgehead atoms. The average Bonchev–Trinajstić information content (AvgIpc) is 3.59. The van der Waals surface area contributed by atoms with Crippen molar-refractivity contribution in [1.29, 1.82) is 0 Å². The van der Waals surface area contributed by atoms with Crippen LogP contribution in [0.3, 0.4) is 0 Å². The Morgan fingerprint density at radius 3 is 2.62 bits per heavy atom. The van der Waals surface area contributed by atoms with Crippen molar-refractivity contribution in [3.05, 3.63) is 23.3 Å². The third-order valence-electron chi connectivity index (χ3n) is 12.4. The third kappa shape index (κ3) is 2.67. The van der Waals surface area contributed by atoms with Gasteiger partial charge in [-0.25, -0.2) is 0 Å². The number of benzene rings is 1. The number of aliphatic hydroxyl groups excluding tert-OH is 1. The van der Waals surface area contributed by atoms with E-state index in [0.717, 1.165) is 44.6 Å². The molecule has 204 valence electrons. The van der Waals surface area contributed by atoms with Crippen LogP contribution in [0.1, 0.15) is 89.7 Å². The molecule has 37 heavy (non-hydrogen) atoms. The van der Waals surface area contributed by atoms with E-state index in [4.69, 9.17) is 9.47 Å². The fourth-order valence-electron chi connectivity index (χ4n) is 10.7. The van der Waals surface area contributed by atoms with Crippen molar-refractivity contribution in [3.8, 4) is 11.5 Å². The summed E-state index contributed by atoms with van der Waals surface area (Å²) in [5.41, 5.74) is 0.122. The first kappa shape index (κ1) is 24.7. The molecular formula is C31H45NO5. The van der Waals surface area contributed by atoms with Gasteiger partial charge in [0.15, 0.2) is 11.5 Å².